The van der Waals surface area contributed by atoms with Gasteiger partial charge in [0.15, 0.2) is 11.6 Å². The summed E-state index contributed by atoms with van der Waals surface area (Å²) in [5, 5.41) is 0. The van der Waals surface area contributed by atoms with E-state index >= 15 is 0 Å². The summed E-state index contributed by atoms with van der Waals surface area (Å²) in [7, 11) is 0. The number of benzene rings is 2. The zero-order valence-electron chi connectivity index (χ0n) is 10.6. The maximum absolute atomic E-state index is 13.3. The third kappa shape index (κ3) is 1.62. The van der Waals surface area contributed by atoms with Crippen molar-refractivity contribution in [2.45, 2.75) is 13.8 Å². The van der Waals surface area contributed by atoms with Crippen LogP contribution < -0.4 is 0 Å². The third-order valence-electron chi connectivity index (χ3n) is 3.59. The Morgan fingerprint density at radius 3 is 1.79 bits per heavy atom. The van der Waals surface area contributed by atoms with Gasteiger partial charge in [0.1, 0.15) is 5.82 Å². The normalized spacial score (nSPS) is 13.2. The number of rotatable bonds is 0. The van der Waals surface area contributed by atoms with Crippen molar-refractivity contribution < 1.29 is 14.0 Å². The number of carbonyl (C=O) groups is 2. The van der Waals surface area contributed by atoms with Gasteiger partial charge in [-0.3, -0.25) is 9.59 Å². The zero-order valence-corrected chi connectivity index (χ0v) is 10.6. The van der Waals surface area contributed by atoms with Crippen molar-refractivity contribution in [3.63, 3.8) is 0 Å². The van der Waals surface area contributed by atoms with Crippen molar-refractivity contribution in [3.8, 4) is 0 Å². The van der Waals surface area contributed by atoms with Crippen LogP contribution in [0, 0.1) is 19.7 Å². The Kier molecular flexibility index (Phi) is 2.39. The number of hydrogen-bond donors (Lipinski definition) is 0. The van der Waals surface area contributed by atoms with Crippen LogP contribution in [0.2, 0.25) is 0 Å². The van der Waals surface area contributed by atoms with Gasteiger partial charge in [0.25, 0.3) is 0 Å². The van der Waals surface area contributed by atoms with E-state index in [1.54, 1.807) is 12.1 Å². The lowest BCUT2D eigenvalue weighted by Crippen LogP contribution is -2.21. The SMILES string of the molecule is Cc1cc2c(cc1C)C(=O)c1cc(F)ccc1C2=O. The fourth-order valence-electron chi connectivity index (χ4n) is 2.38. The molecular formula is C16H11FO2. The Morgan fingerprint density at radius 1 is 0.737 bits per heavy atom. The Labute approximate surface area is 109 Å². The first-order valence-corrected chi connectivity index (χ1v) is 5.99. The number of aryl methyl sites for hydroxylation is 2. The van der Waals surface area contributed by atoms with Crippen molar-refractivity contribution in [2.24, 2.45) is 0 Å². The van der Waals surface area contributed by atoms with Crippen LogP contribution in [-0.4, -0.2) is 11.6 Å². The summed E-state index contributed by atoms with van der Waals surface area (Å²) >= 11 is 0. The minimum atomic E-state index is -0.507. The van der Waals surface area contributed by atoms with Gasteiger partial charge in [-0.25, -0.2) is 4.39 Å². The van der Waals surface area contributed by atoms with Crippen molar-refractivity contribution in [2.75, 3.05) is 0 Å². The molecule has 0 unspecified atom stereocenters. The average Bonchev–Trinajstić information content (AvgIpc) is 2.38. The molecule has 3 heteroatoms. The fraction of sp³-hybridized carbons (Fsp3) is 0.125. The van der Waals surface area contributed by atoms with Crippen molar-refractivity contribution in [3.05, 3.63) is 69.5 Å². The number of fused-ring (bicyclic) bond motifs is 2. The number of hydrogen-bond acceptors (Lipinski definition) is 2. The molecule has 0 amide bonds. The van der Waals surface area contributed by atoms with Gasteiger partial charge >= 0.3 is 0 Å². The fourth-order valence-corrected chi connectivity index (χ4v) is 2.38. The van der Waals surface area contributed by atoms with Gasteiger partial charge in [0.05, 0.1) is 0 Å². The lowest BCUT2D eigenvalue weighted by molar-refractivity contribution is 0.0978. The van der Waals surface area contributed by atoms with Crippen LogP contribution in [0.3, 0.4) is 0 Å². The lowest BCUT2D eigenvalue weighted by Gasteiger charge is -2.18. The molecule has 0 atom stereocenters. The zero-order chi connectivity index (χ0) is 13.7. The highest BCUT2D eigenvalue weighted by molar-refractivity contribution is 6.28. The quantitative estimate of drug-likeness (QED) is 0.617. The van der Waals surface area contributed by atoms with E-state index in [4.69, 9.17) is 0 Å². The van der Waals surface area contributed by atoms with Crippen LogP contribution >= 0.6 is 0 Å². The molecule has 2 aromatic rings. The largest absolute Gasteiger partial charge is 0.289 e. The molecule has 0 radical (unpaired) electrons. The number of carbonyl (C=O) groups excluding carboxylic acids is 2. The summed E-state index contributed by atoms with van der Waals surface area (Å²) in [6.07, 6.45) is 0. The van der Waals surface area contributed by atoms with Crippen LogP contribution in [0.15, 0.2) is 30.3 Å². The van der Waals surface area contributed by atoms with Crippen LogP contribution in [0.25, 0.3) is 0 Å². The Hall–Kier alpha value is -2.29. The summed E-state index contributed by atoms with van der Waals surface area (Å²) in [4.78, 5) is 24.7. The van der Waals surface area contributed by atoms with Crippen molar-refractivity contribution in [1.29, 1.82) is 0 Å². The van der Waals surface area contributed by atoms with Crippen molar-refractivity contribution in [1.82, 2.24) is 0 Å². The van der Waals surface area contributed by atoms with E-state index in [9.17, 15) is 14.0 Å². The highest BCUT2D eigenvalue weighted by atomic mass is 19.1. The second kappa shape index (κ2) is 3.85. The first kappa shape index (κ1) is 11.8. The molecule has 0 aliphatic heterocycles. The Morgan fingerprint density at radius 2 is 1.21 bits per heavy atom. The van der Waals surface area contributed by atoms with E-state index in [1.165, 1.54) is 12.1 Å². The molecule has 0 bridgehead atoms. The lowest BCUT2D eigenvalue weighted by atomic mass is 9.82. The average molecular weight is 254 g/mol. The highest BCUT2D eigenvalue weighted by Crippen LogP contribution is 2.29. The highest BCUT2D eigenvalue weighted by Gasteiger charge is 2.30. The van der Waals surface area contributed by atoms with Gasteiger partial charge < -0.3 is 0 Å². The third-order valence-corrected chi connectivity index (χ3v) is 3.59. The van der Waals surface area contributed by atoms with Crippen LogP contribution in [0.5, 0.6) is 0 Å². The van der Waals surface area contributed by atoms with Gasteiger partial charge in [0, 0.05) is 22.3 Å². The minimum Gasteiger partial charge on any atom is -0.289 e. The smallest absolute Gasteiger partial charge is 0.194 e. The summed E-state index contributed by atoms with van der Waals surface area (Å²) in [6.45, 7) is 3.78. The molecule has 0 fully saturated rings. The van der Waals surface area contributed by atoms with E-state index < -0.39 is 5.82 Å². The summed E-state index contributed by atoms with van der Waals surface area (Å²) in [5.74, 6) is -1.01. The number of halogens is 1. The maximum atomic E-state index is 13.3. The molecule has 0 saturated carbocycles. The van der Waals surface area contributed by atoms with Gasteiger partial charge in [0.2, 0.25) is 0 Å². The first-order valence-electron chi connectivity index (χ1n) is 5.99. The molecular weight excluding hydrogens is 243 g/mol. The standard InChI is InChI=1S/C16H11FO2/c1-8-5-12-13(6-9(8)2)16(19)14-7-10(17)3-4-11(14)15(12)18/h3-7H,1-2H3. The van der Waals surface area contributed by atoms with Gasteiger partial charge in [-0.1, -0.05) is 0 Å². The molecule has 1 aliphatic carbocycles. The van der Waals surface area contributed by atoms with E-state index in [-0.39, 0.29) is 22.7 Å². The summed E-state index contributed by atoms with van der Waals surface area (Å²) in [6, 6.07) is 7.16. The molecule has 1 aliphatic rings. The first-order chi connectivity index (χ1) is 8.99. The maximum Gasteiger partial charge on any atom is 0.194 e. The molecule has 2 aromatic carbocycles. The van der Waals surface area contributed by atoms with Crippen LogP contribution in [-0.2, 0) is 0 Å². The van der Waals surface area contributed by atoms with E-state index in [2.05, 4.69) is 0 Å². The van der Waals surface area contributed by atoms with Gasteiger partial charge in [-0.15, -0.1) is 0 Å². The summed E-state index contributed by atoms with van der Waals surface area (Å²) in [5.41, 5.74) is 3.12. The van der Waals surface area contributed by atoms with Gasteiger partial charge in [-0.05, 0) is 55.3 Å². The second-order valence-electron chi connectivity index (χ2n) is 4.83. The molecule has 0 saturated heterocycles. The Balaban J connectivity index is 2.32. The second-order valence-corrected chi connectivity index (χ2v) is 4.83. The van der Waals surface area contributed by atoms with Gasteiger partial charge in [-0.2, -0.15) is 0 Å². The predicted octanol–water partition coefficient (Wildman–Crippen LogP) is 3.22. The van der Waals surface area contributed by atoms with Crippen LogP contribution in [0.1, 0.15) is 43.0 Å². The molecule has 94 valence electrons. The summed E-state index contributed by atoms with van der Waals surface area (Å²) < 4.78 is 13.3. The van der Waals surface area contributed by atoms with E-state index in [0.29, 0.717) is 11.1 Å². The van der Waals surface area contributed by atoms with E-state index in [0.717, 1.165) is 17.2 Å². The Bertz CT molecular complexity index is 745. The molecule has 19 heavy (non-hydrogen) atoms. The molecule has 0 spiro atoms. The minimum absolute atomic E-state index is 0.153. The topological polar surface area (TPSA) is 34.1 Å². The molecule has 3 rings (SSSR count). The van der Waals surface area contributed by atoms with Crippen molar-refractivity contribution >= 4 is 11.6 Å². The number of ketones is 2. The van der Waals surface area contributed by atoms with E-state index in [1.807, 2.05) is 13.8 Å². The predicted molar refractivity (Wildman–Crippen MR) is 69.2 cm³/mol. The monoisotopic (exact) mass is 254 g/mol. The van der Waals surface area contributed by atoms with Crippen LogP contribution in [0.4, 0.5) is 4.39 Å². The molecule has 0 aromatic heterocycles. The molecule has 0 heterocycles. The molecule has 0 N–H and O–H groups in total. The molecule has 2 nitrogen and oxygen atoms in total.